The standard InChI is InChI=1S/C21H16ClF3N2O2/c22-14-6-7-17-16(11-14)20(21(23,24)25,9-8-13-4-5-13)18(19(28)27-17)29-12-15-3-1-2-10-26-15/h1-3,6-7,10-11,13,18H,4-5,12H2,(H,27,28)/t18-,20-/m0/s1. The van der Waals surface area contributed by atoms with E-state index in [0.717, 1.165) is 12.8 Å². The second-order valence-corrected chi connectivity index (χ2v) is 7.48. The molecule has 0 bridgehead atoms. The normalized spacial score (nSPS) is 23.6. The molecule has 4 nitrogen and oxygen atoms in total. The molecule has 1 amide bonds. The molecule has 1 aliphatic carbocycles. The fourth-order valence-corrected chi connectivity index (χ4v) is 3.46. The van der Waals surface area contributed by atoms with Crippen LogP contribution in [0.25, 0.3) is 0 Å². The van der Waals surface area contributed by atoms with Crippen molar-refractivity contribution in [3.05, 3.63) is 58.9 Å². The van der Waals surface area contributed by atoms with E-state index in [1.807, 2.05) is 0 Å². The molecule has 1 aromatic heterocycles. The summed E-state index contributed by atoms with van der Waals surface area (Å²) >= 11 is 6.01. The van der Waals surface area contributed by atoms with Crippen LogP contribution in [0.3, 0.4) is 0 Å². The molecule has 0 unspecified atom stereocenters. The van der Waals surface area contributed by atoms with E-state index in [1.54, 1.807) is 18.2 Å². The molecule has 1 aliphatic heterocycles. The third kappa shape index (κ3) is 3.70. The Morgan fingerprint density at radius 1 is 1.28 bits per heavy atom. The lowest BCUT2D eigenvalue weighted by Crippen LogP contribution is -2.59. The minimum atomic E-state index is -4.87. The highest BCUT2D eigenvalue weighted by molar-refractivity contribution is 6.30. The molecule has 1 saturated carbocycles. The van der Waals surface area contributed by atoms with Crippen LogP contribution in [0.2, 0.25) is 5.02 Å². The van der Waals surface area contributed by atoms with Gasteiger partial charge in [-0.05, 0) is 43.2 Å². The Morgan fingerprint density at radius 2 is 2.07 bits per heavy atom. The summed E-state index contributed by atoms with van der Waals surface area (Å²) in [7, 11) is 0. The summed E-state index contributed by atoms with van der Waals surface area (Å²) in [4.78, 5) is 16.8. The van der Waals surface area contributed by atoms with Gasteiger partial charge < -0.3 is 10.1 Å². The molecular formula is C21H16ClF3N2O2. The number of hydrogen-bond acceptors (Lipinski definition) is 3. The summed E-state index contributed by atoms with van der Waals surface area (Å²) in [6.07, 6.45) is -3.79. The van der Waals surface area contributed by atoms with Crippen molar-refractivity contribution >= 4 is 23.2 Å². The fourth-order valence-electron chi connectivity index (χ4n) is 3.29. The largest absolute Gasteiger partial charge is 0.412 e. The van der Waals surface area contributed by atoms with Gasteiger partial charge in [-0.25, -0.2) is 0 Å². The van der Waals surface area contributed by atoms with Gasteiger partial charge in [0.15, 0.2) is 11.5 Å². The third-order valence-corrected chi connectivity index (χ3v) is 5.15. The number of fused-ring (bicyclic) bond motifs is 1. The second kappa shape index (κ2) is 7.36. The molecular weight excluding hydrogens is 405 g/mol. The Morgan fingerprint density at radius 3 is 2.72 bits per heavy atom. The molecule has 0 saturated heterocycles. The number of rotatable bonds is 3. The van der Waals surface area contributed by atoms with Crippen LogP contribution in [0.5, 0.6) is 0 Å². The number of carbonyl (C=O) groups excluding carboxylic acids is 1. The van der Waals surface area contributed by atoms with E-state index in [1.165, 1.54) is 24.4 Å². The van der Waals surface area contributed by atoms with Crippen molar-refractivity contribution in [2.45, 2.75) is 37.1 Å². The predicted octanol–water partition coefficient (Wildman–Crippen LogP) is 4.49. The number of carbonyl (C=O) groups is 1. The lowest BCUT2D eigenvalue weighted by molar-refractivity contribution is -0.208. The summed E-state index contributed by atoms with van der Waals surface area (Å²) in [5.41, 5.74) is -2.60. The van der Waals surface area contributed by atoms with Crippen molar-refractivity contribution < 1.29 is 22.7 Å². The molecule has 29 heavy (non-hydrogen) atoms. The van der Waals surface area contributed by atoms with Crippen molar-refractivity contribution in [1.29, 1.82) is 0 Å². The summed E-state index contributed by atoms with van der Waals surface area (Å²) < 4.78 is 49.4. The van der Waals surface area contributed by atoms with Gasteiger partial charge >= 0.3 is 6.18 Å². The number of hydrogen-bond donors (Lipinski definition) is 1. The first-order valence-electron chi connectivity index (χ1n) is 9.03. The molecule has 2 aliphatic rings. The Bertz CT molecular complexity index is 996. The van der Waals surface area contributed by atoms with Gasteiger partial charge in [0.1, 0.15) is 0 Å². The fraction of sp³-hybridized carbons (Fsp3) is 0.333. The van der Waals surface area contributed by atoms with E-state index in [0.29, 0.717) is 5.69 Å². The second-order valence-electron chi connectivity index (χ2n) is 7.04. The number of alkyl halides is 3. The minimum absolute atomic E-state index is 0.0273. The lowest BCUT2D eigenvalue weighted by atomic mass is 9.71. The summed E-state index contributed by atoms with van der Waals surface area (Å²) in [5.74, 6) is 4.09. The van der Waals surface area contributed by atoms with E-state index in [4.69, 9.17) is 16.3 Å². The summed E-state index contributed by atoms with van der Waals surface area (Å²) in [6, 6.07) is 8.94. The zero-order valence-electron chi connectivity index (χ0n) is 15.1. The van der Waals surface area contributed by atoms with E-state index >= 15 is 0 Å². The average molecular weight is 421 g/mol. The molecule has 0 radical (unpaired) electrons. The maximum Gasteiger partial charge on any atom is 0.412 e. The number of anilines is 1. The Hall–Kier alpha value is -2.56. The monoisotopic (exact) mass is 420 g/mol. The smallest absolute Gasteiger partial charge is 0.360 e. The van der Waals surface area contributed by atoms with E-state index < -0.39 is 23.6 Å². The summed E-state index contributed by atoms with van der Waals surface area (Å²) in [5, 5.41) is 2.61. The van der Waals surface area contributed by atoms with Gasteiger partial charge in [0.2, 0.25) is 0 Å². The van der Waals surface area contributed by atoms with Crippen LogP contribution < -0.4 is 5.32 Å². The highest BCUT2D eigenvalue weighted by Gasteiger charge is 2.65. The third-order valence-electron chi connectivity index (χ3n) is 4.92. The molecule has 2 heterocycles. The predicted molar refractivity (Wildman–Crippen MR) is 101 cm³/mol. The zero-order chi connectivity index (χ0) is 20.6. The van der Waals surface area contributed by atoms with Gasteiger partial charge in [-0.1, -0.05) is 29.5 Å². The number of amides is 1. The van der Waals surface area contributed by atoms with Crippen molar-refractivity contribution in [2.24, 2.45) is 5.92 Å². The van der Waals surface area contributed by atoms with Crippen molar-refractivity contribution in [2.75, 3.05) is 5.32 Å². The Balaban J connectivity index is 1.84. The van der Waals surface area contributed by atoms with Crippen LogP contribution in [-0.2, 0) is 21.6 Å². The van der Waals surface area contributed by atoms with E-state index in [-0.39, 0.29) is 28.8 Å². The van der Waals surface area contributed by atoms with Gasteiger partial charge in [-0.2, -0.15) is 13.2 Å². The first-order valence-corrected chi connectivity index (χ1v) is 9.41. The lowest BCUT2D eigenvalue weighted by Gasteiger charge is -2.41. The summed E-state index contributed by atoms with van der Waals surface area (Å²) in [6.45, 7) is -0.266. The number of nitrogens with zero attached hydrogens (tertiary/aromatic N) is 1. The average Bonchev–Trinajstić information content (AvgIpc) is 3.50. The maximum absolute atomic E-state index is 14.6. The van der Waals surface area contributed by atoms with Gasteiger partial charge in [0.05, 0.1) is 12.3 Å². The van der Waals surface area contributed by atoms with E-state index in [2.05, 4.69) is 22.1 Å². The number of ether oxygens (including phenoxy) is 1. The van der Waals surface area contributed by atoms with E-state index in [9.17, 15) is 18.0 Å². The van der Waals surface area contributed by atoms with Crippen molar-refractivity contribution in [1.82, 2.24) is 4.98 Å². The topological polar surface area (TPSA) is 51.2 Å². The quantitative estimate of drug-likeness (QED) is 0.744. The number of benzene rings is 1. The number of nitrogens with one attached hydrogen (secondary N) is 1. The Labute approximate surface area is 170 Å². The maximum atomic E-state index is 14.6. The van der Waals surface area contributed by atoms with Crippen molar-refractivity contribution in [3.8, 4) is 11.8 Å². The first kappa shape index (κ1) is 19.7. The molecule has 1 N–H and O–H groups in total. The van der Waals surface area contributed by atoms with Crippen molar-refractivity contribution in [3.63, 3.8) is 0 Å². The molecule has 150 valence electrons. The van der Waals surface area contributed by atoms with Gasteiger partial charge in [-0.3, -0.25) is 9.78 Å². The molecule has 8 heteroatoms. The molecule has 1 fully saturated rings. The van der Waals surface area contributed by atoms with Gasteiger partial charge in [0.25, 0.3) is 5.91 Å². The highest BCUT2D eigenvalue weighted by Crippen LogP contribution is 2.50. The first-order chi connectivity index (χ1) is 13.8. The molecule has 2 aromatic rings. The van der Waals surface area contributed by atoms with Crippen LogP contribution in [-0.4, -0.2) is 23.2 Å². The SMILES string of the molecule is O=C1Nc2ccc(Cl)cc2[C@](C#CC2CC2)(C(F)(F)F)[C@H]1OCc1ccccn1. The Kier molecular flexibility index (Phi) is 5.01. The minimum Gasteiger partial charge on any atom is -0.360 e. The van der Waals surface area contributed by atoms with Gasteiger partial charge in [0, 0.05) is 28.4 Å². The molecule has 1 aromatic carbocycles. The number of pyridine rings is 1. The highest BCUT2D eigenvalue weighted by atomic mass is 35.5. The van der Waals surface area contributed by atoms with Gasteiger partial charge in [-0.15, -0.1) is 0 Å². The molecule has 4 rings (SSSR count). The van der Waals surface area contributed by atoms with Crippen LogP contribution in [0, 0.1) is 17.8 Å². The molecule has 0 spiro atoms. The van der Waals surface area contributed by atoms with Crippen LogP contribution >= 0.6 is 11.6 Å². The number of aromatic nitrogens is 1. The van der Waals surface area contributed by atoms with Crippen LogP contribution in [0.4, 0.5) is 18.9 Å². The van der Waals surface area contributed by atoms with Crippen LogP contribution in [0.1, 0.15) is 24.1 Å². The zero-order valence-corrected chi connectivity index (χ0v) is 15.8. The molecule has 2 atom stereocenters. The number of halogens is 4. The van der Waals surface area contributed by atoms with Crippen LogP contribution in [0.15, 0.2) is 42.6 Å².